The molecule has 0 radical (unpaired) electrons. The molecule has 0 saturated carbocycles. The van der Waals surface area contributed by atoms with Gasteiger partial charge in [0.15, 0.2) is 5.16 Å². The molecule has 0 unspecified atom stereocenters. The van der Waals surface area contributed by atoms with Gasteiger partial charge < -0.3 is 19.4 Å². The molecule has 1 aliphatic rings. The third-order valence-corrected chi connectivity index (χ3v) is 5.44. The lowest BCUT2D eigenvalue weighted by Gasteiger charge is -2.21. The zero-order chi connectivity index (χ0) is 16.9. The molecule has 8 heteroatoms. The van der Waals surface area contributed by atoms with E-state index in [4.69, 9.17) is 9.47 Å². The lowest BCUT2D eigenvalue weighted by atomic mass is 9.97. The Morgan fingerprint density at radius 3 is 2.36 bits per heavy atom. The minimum absolute atomic E-state index is 0. The van der Waals surface area contributed by atoms with Gasteiger partial charge in [0.2, 0.25) is 0 Å². The molecule has 2 heterocycles. The highest BCUT2D eigenvalue weighted by molar-refractivity contribution is 7.98. The predicted molar refractivity (Wildman–Crippen MR) is 102 cm³/mol. The van der Waals surface area contributed by atoms with Gasteiger partial charge in [0.05, 0.1) is 14.2 Å². The molecule has 0 aliphatic carbocycles. The summed E-state index contributed by atoms with van der Waals surface area (Å²) in [5.74, 6) is 4.01. The first-order valence-corrected chi connectivity index (χ1v) is 9.14. The van der Waals surface area contributed by atoms with Crippen molar-refractivity contribution in [3.8, 4) is 11.5 Å². The average Bonchev–Trinajstić information content (AvgIpc) is 3.01. The number of methoxy groups -OCH3 is 2. The van der Waals surface area contributed by atoms with E-state index in [0.29, 0.717) is 5.92 Å². The first kappa shape index (κ1) is 19.9. The third kappa shape index (κ3) is 4.80. The van der Waals surface area contributed by atoms with E-state index in [1.807, 2.05) is 18.2 Å². The fraction of sp³-hybridized carbons (Fsp3) is 0.529. The molecule has 3 rings (SSSR count). The number of halogens is 1. The van der Waals surface area contributed by atoms with Crippen LogP contribution in [0.2, 0.25) is 0 Å². The second-order valence-electron chi connectivity index (χ2n) is 5.93. The van der Waals surface area contributed by atoms with Crippen molar-refractivity contribution in [2.24, 2.45) is 7.05 Å². The van der Waals surface area contributed by atoms with E-state index < -0.39 is 0 Å². The summed E-state index contributed by atoms with van der Waals surface area (Å²) in [4.78, 5) is 0. The minimum Gasteiger partial charge on any atom is -0.497 e. The minimum atomic E-state index is 0. The van der Waals surface area contributed by atoms with E-state index >= 15 is 0 Å². The predicted octanol–water partition coefficient (Wildman–Crippen LogP) is 3.01. The van der Waals surface area contributed by atoms with E-state index in [9.17, 15) is 0 Å². The van der Waals surface area contributed by atoms with Gasteiger partial charge in [0, 0.05) is 24.8 Å². The maximum atomic E-state index is 5.33. The summed E-state index contributed by atoms with van der Waals surface area (Å²) in [6.07, 6.45) is 2.26. The van der Waals surface area contributed by atoms with Gasteiger partial charge >= 0.3 is 0 Å². The van der Waals surface area contributed by atoms with Crippen molar-refractivity contribution in [3.63, 3.8) is 0 Å². The van der Waals surface area contributed by atoms with Gasteiger partial charge in [-0.25, -0.2) is 0 Å². The van der Waals surface area contributed by atoms with Gasteiger partial charge in [-0.15, -0.1) is 22.6 Å². The van der Waals surface area contributed by atoms with E-state index in [2.05, 4.69) is 27.1 Å². The van der Waals surface area contributed by atoms with Gasteiger partial charge in [-0.2, -0.15) is 0 Å². The molecule has 1 aliphatic heterocycles. The maximum absolute atomic E-state index is 5.33. The molecule has 1 N–H and O–H groups in total. The summed E-state index contributed by atoms with van der Waals surface area (Å²) < 4.78 is 12.8. The number of piperidine rings is 1. The zero-order valence-electron chi connectivity index (χ0n) is 14.8. The number of thioether (sulfide) groups is 1. The SMILES string of the molecule is COc1cc(CSc2nnc(C3CCNCC3)n2C)cc(OC)c1.Cl. The lowest BCUT2D eigenvalue weighted by Crippen LogP contribution is -2.27. The normalized spacial score (nSPS) is 14.8. The topological polar surface area (TPSA) is 61.2 Å². The number of nitrogens with zero attached hydrogens (tertiary/aromatic N) is 3. The first-order valence-electron chi connectivity index (χ1n) is 8.16. The Bertz CT molecular complexity index is 667. The summed E-state index contributed by atoms with van der Waals surface area (Å²) in [6.45, 7) is 2.12. The van der Waals surface area contributed by atoms with Crippen LogP contribution in [-0.2, 0) is 12.8 Å². The maximum Gasteiger partial charge on any atom is 0.191 e. The first-order chi connectivity index (χ1) is 11.7. The largest absolute Gasteiger partial charge is 0.497 e. The Labute approximate surface area is 159 Å². The van der Waals surface area contributed by atoms with Crippen molar-refractivity contribution >= 4 is 24.2 Å². The fourth-order valence-corrected chi connectivity index (χ4v) is 3.83. The highest BCUT2D eigenvalue weighted by Gasteiger charge is 2.21. The van der Waals surface area contributed by atoms with Crippen LogP contribution < -0.4 is 14.8 Å². The summed E-state index contributed by atoms with van der Waals surface area (Å²) in [6, 6.07) is 5.94. The highest BCUT2D eigenvalue weighted by atomic mass is 35.5. The van der Waals surface area contributed by atoms with Crippen LogP contribution in [-0.4, -0.2) is 42.1 Å². The summed E-state index contributed by atoms with van der Waals surface area (Å²) in [5.41, 5.74) is 1.14. The van der Waals surface area contributed by atoms with Crippen LogP contribution in [0, 0.1) is 0 Å². The molecule has 25 heavy (non-hydrogen) atoms. The molecule has 0 spiro atoms. The van der Waals surface area contributed by atoms with Crippen molar-refractivity contribution in [1.82, 2.24) is 20.1 Å². The molecule has 1 aromatic carbocycles. The quantitative estimate of drug-likeness (QED) is 0.772. The molecular formula is C17H25ClN4O2S. The number of nitrogens with one attached hydrogen (secondary N) is 1. The van der Waals surface area contributed by atoms with Crippen LogP contribution >= 0.6 is 24.2 Å². The van der Waals surface area contributed by atoms with Crippen LogP contribution in [0.5, 0.6) is 11.5 Å². The number of hydrogen-bond acceptors (Lipinski definition) is 6. The second kappa shape index (κ2) is 9.31. The number of aromatic nitrogens is 3. The van der Waals surface area contributed by atoms with E-state index in [1.165, 1.54) is 0 Å². The van der Waals surface area contributed by atoms with Crippen molar-refractivity contribution in [3.05, 3.63) is 29.6 Å². The molecule has 0 amide bonds. The fourth-order valence-electron chi connectivity index (χ4n) is 2.99. The number of rotatable bonds is 6. The lowest BCUT2D eigenvalue weighted by molar-refractivity contribution is 0.393. The Morgan fingerprint density at radius 1 is 1.12 bits per heavy atom. The molecule has 0 atom stereocenters. The van der Waals surface area contributed by atoms with Crippen LogP contribution in [0.15, 0.2) is 23.4 Å². The zero-order valence-corrected chi connectivity index (χ0v) is 16.5. The van der Waals surface area contributed by atoms with Crippen LogP contribution in [0.1, 0.15) is 30.1 Å². The smallest absolute Gasteiger partial charge is 0.191 e. The third-order valence-electron chi connectivity index (χ3n) is 4.35. The summed E-state index contributed by atoms with van der Waals surface area (Å²) in [7, 11) is 5.39. The molecule has 0 bridgehead atoms. The van der Waals surface area contributed by atoms with E-state index in [-0.39, 0.29) is 12.4 Å². The number of ether oxygens (including phenoxy) is 2. The standard InChI is InChI=1S/C17H24N4O2S.ClH/c1-21-16(13-4-6-18-7-5-13)19-20-17(21)24-11-12-8-14(22-2)10-15(9-12)23-3;/h8-10,13,18H,4-7,11H2,1-3H3;1H. The summed E-state index contributed by atoms with van der Waals surface area (Å²) in [5, 5.41) is 13.2. The van der Waals surface area contributed by atoms with Gasteiger partial charge in [0.1, 0.15) is 17.3 Å². The van der Waals surface area contributed by atoms with Crippen LogP contribution in [0.3, 0.4) is 0 Å². The molecule has 1 saturated heterocycles. The van der Waals surface area contributed by atoms with E-state index in [0.717, 1.165) is 59.7 Å². The highest BCUT2D eigenvalue weighted by Crippen LogP contribution is 2.30. The van der Waals surface area contributed by atoms with Crippen molar-refractivity contribution < 1.29 is 9.47 Å². The van der Waals surface area contributed by atoms with Crippen molar-refractivity contribution in [1.29, 1.82) is 0 Å². The Balaban J connectivity index is 0.00000225. The Hall–Kier alpha value is -1.44. The Morgan fingerprint density at radius 2 is 1.76 bits per heavy atom. The average molecular weight is 385 g/mol. The van der Waals surface area contributed by atoms with Gasteiger partial charge in [-0.1, -0.05) is 11.8 Å². The van der Waals surface area contributed by atoms with Crippen LogP contribution in [0.25, 0.3) is 0 Å². The van der Waals surface area contributed by atoms with E-state index in [1.54, 1.807) is 26.0 Å². The van der Waals surface area contributed by atoms with Crippen LogP contribution in [0.4, 0.5) is 0 Å². The van der Waals surface area contributed by atoms with Crippen molar-refractivity contribution in [2.75, 3.05) is 27.3 Å². The number of hydrogen-bond donors (Lipinski definition) is 1. The summed E-state index contributed by atoms with van der Waals surface area (Å²) >= 11 is 1.69. The van der Waals surface area contributed by atoms with Crippen molar-refractivity contribution in [2.45, 2.75) is 29.7 Å². The monoisotopic (exact) mass is 384 g/mol. The van der Waals surface area contributed by atoms with Gasteiger partial charge in [-0.3, -0.25) is 0 Å². The number of benzene rings is 1. The van der Waals surface area contributed by atoms with Gasteiger partial charge in [-0.05, 0) is 43.6 Å². The van der Waals surface area contributed by atoms with Gasteiger partial charge in [0.25, 0.3) is 0 Å². The molecule has 6 nitrogen and oxygen atoms in total. The molecule has 138 valence electrons. The molecule has 1 fully saturated rings. The molecule has 1 aromatic heterocycles. The molecular weight excluding hydrogens is 360 g/mol. The Kier molecular flexibility index (Phi) is 7.40. The molecule has 2 aromatic rings. The second-order valence-corrected chi connectivity index (χ2v) is 6.88.